The molecule has 1 aromatic heterocycles. The Kier molecular flexibility index (Phi) is 5.51. The molecule has 0 fully saturated rings. The number of nitrogens with two attached hydrogens (primary N) is 1. The highest BCUT2D eigenvalue weighted by molar-refractivity contribution is 7.80. The van der Waals surface area contributed by atoms with E-state index in [1.165, 1.54) is 0 Å². The van der Waals surface area contributed by atoms with Gasteiger partial charge in [0.05, 0.1) is 0 Å². The minimum absolute atomic E-state index is 0.0167. The highest BCUT2D eigenvalue weighted by Crippen LogP contribution is 2.06. The number of rotatable bonds is 6. The number of carbonyl (C=O) groups excluding carboxylic acids is 1. The number of thiocarbonyl (C=S) groups is 1. The van der Waals surface area contributed by atoms with Crippen LogP contribution in [0, 0.1) is 0 Å². The Morgan fingerprint density at radius 1 is 1.56 bits per heavy atom. The van der Waals surface area contributed by atoms with Crippen LogP contribution < -0.4 is 16.4 Å². The van der Waals surface area contributed by atoms with E-state index in [1.54, 1.807) is 18.3 Å². The Labute approximate surface area is 112 Å². The van der Waals surface area contributed by atoms with E-state index in [9.17, 15) is 4.79 Å². The lowest BCUT2D eigenvalue weighted by molar-refractivity contribution is -0.121. The van der Waals surface area contributed by atoms with Crippen LogP contribution in [0.25, 0.3) is 0 Å². The van der Waals surface area contributed by atoms with Gasteiger partial charge in [-0.1, -0.05) is 12.2 Å². The van der Waals surface area contributed by atoms with E-state index in [0.717, 1.165) is 5.56 Å². The molecule has 1 rings (SSSR count). The molecule has 1 heterocycles. The molecule has 98 valence electrons. The van der Waals surface area contributed by atoms with Crippen molar-refractivity contribution < 1.29 is 4.79 Å². The van der Waals surface area contributed by atoms with Gasteiger partial charge in [0, 0.05) is 30.8 Å². The van der Waals surface area contributed by atoms with Crippen molar-refractivity contribution in [2.24, 2.45) is 5.73 Å². The summed E-state index contributed by atoms with van der Waals surface area (Å²) in [5.74, 6) is 0.681. The molecule has 4 N–H and O–H groups in total. The number of nitrogens with one attached hydrogen (secondary N) is 2. The van der Waals surface area contributed by atoms with Crippen molar-refractivity contribution >= 4 is 28.9 Å². The predicted octanol–water partition coefficient (Wildman–Crippen LogP) is 1.04. The average molecular weight is 266 g/mol. The van der Waals surface area contributed by atoms with Crippen molar-refractivity contribution in [1.29, 1.82) is 0 Å². The predicted molar refractivity (Wildman–Crippen MR) is 76.5 cm³/mol. The van der Waals surface area contributed by atoms with Crippen molar-refractivity contribution in [3.05, 3.63) is 23.9 Å². The summed E-state index contributed by atoms with van der Waals surface area (Å²) in [6.45, 7) is 4.38. The highest BCUT2D eigenvalue weighted by Gasteiger charge is 2.03. The Hall–Kier alpha value is -1.69. The first kappa shape index (κ1) is 14.4. The molecule has 0 saturated heterocycles. The molecule has 1 amide bonds. The van der Waals surface area contributed by atoms with Crippen LogP contribution in [0.2, 0.25) is 0 Å². The van der Waals surface area contributed by atoms with E-state index >= 15 is 0 Å². The molecule has 18 heavy (non-hydrogen) atoms. The quantitative estimate of drug-likeness (QED) is 0.670. The van der Waals surface area contributed by atoms with Gasteiger partial charge in [-0.3, -0.25) is 4.79 Å². The molecule has 0 bridgehead atoms. The molecule has 0 aromatic carbocycles. The zero-order valence-corrected chi connectivity index (χ0v) is 11.4. The van der Waals surface area contributed by atoms with Crippen molar-refractivity contribution in [1.82, 2.24) is 10.3 Å². The Morgan fingerprint density at radius 3 is 2.89 bits per heavy atom. The second-order valence-electron chi connectivity index (χ2n) is 4.19. The third-order valence-corrected chi connectivity index (χ3v) is 2.39. The fraction of sp³-hybridized carbons (Fsp3) is 0.417. The Morgan fingerprint density at radius 2 is 2.28 bits per heavy atom. The summed E-state index contributed by atoms with van der Waals surface area (Å²) < 4.78 is 0. The van der Waals surface area contributed by atoms with E-state index in [-0.39, 0.29) is 11.9 Å². The number of carbonyl (C=O) groups is 1. The lowest BCUT2D eigenvalue weighted by Gasteiger charge is -2.09. The van der Waals surface area contributed by atoms with Gasteiger partial charge in [-0.2, -0.15) is 0 Å². The molecule has 0 radical (unpaired) electrons. The van der Waals surface area contributed by atoms with Gasteiger partial charge in [0.25, 0.3) is 0 Å². The van der Waals surface area contributed by atoms with Crippen LogP contribution in [0.5, 0.6) is 0 Å². The normalized spacial score (nSPS) is 10.2. The van der Waals surface area contributed by atoms with E-state index in [0.29, 0.717) is 23.8 Å². The van der Waals surface area contributed by atoms with Gasteiger partial charge >= 0.3 is 0 Å². The third-order valence-electron chi connectivity index (χ3n) is 2.15. The van der Waals surface area contributed by atoms with E-state index in [1.807, 2.05) is 13.8 Å². The molecule has 0 unspecified atom stereocenters. The maximum Gasteiger partial charge on any atom is 0.221 e. The molecular formula is C12H18N4OS. The number of hydrogen-bond acceptors (Lipinski definition) is 4. The molecule has 0 aliphatic rings. The largest absolute Gasteiger partial charge is 0.389 e. The topological polar surface area (TPSA) is 80.0 Å². The third kappa shape index (κ3) is 5.09. The van der Waals surface area contributed by atoms with Gasteiger partial charge < -0.3 is 16.4 Å². The highest BCUT2D eigenvalue weighted by atomic mass is 32.1. The van der Waals surface area contributed by atoms with Crippen molar-refractivity contribution in [2.75, 3.05) is 11.9 Å². The summed E-state index contributed by atoms with van der Waals surface area (Å²) in [4.78, 5) is 15.9. The molecule has 6 heteroatoms. The molecule has 0 saturated carbocycles. The minimum atomic E-state index is 0.0167. The smallest absolute Gasteiger partial charge is 0.221 e. The summed E-state index contributed by atoms with van der Waals surface area (Å²) in [5.41, 5.74) is 6.28. The number of anilines is 1. The SMILES string of the molecule is CC(C)NC(=O)CCNc1cc(C(N)=S)ccn1. The summed E-state index contributed by atoms with van der Waals surface area (Å²) >= 11 is 4.88. The summed E-state index contributed by atoms with van der Waals surface area (Å²) in [5, 5.41) is 5.88. The van der Waals surface area contributed by atoms with Crippen LogP contribution in [-0.4, -0.2) is 28.5 Å². The van der Waals surface area contributed by atoms with Gasteiger partial charge in [-0.25, -0.2) is 4.98 Å². The van der Waals surface area contributed by atoms with Gasteiger partial charge in [0.2, 0.25) is 5.91 Å². The van der Waals surface area contributed by atoms with Crippen LogP contribution in [0.3, 0.4) is 0 Å². The van der Waals surface area contributed by atoms with Crippen LogP contribution >= 0.6 is 12.2 Å². The molecule has 0 aliphatic carbocycles. The zero-order valence-electron chi connectivity index (χ0n) is 10.6. The summed E-state index contributed by atoms with van der Waals surface area (Å²) in [6, 6.07) is 3.68. The summed E-state index contributed by atoms with van der Waals surface area (Å²) in [7, 11) is 0. The van der Waals surface area contributed by atoms with E-state index in [2.05, 4.69) is 15.6 Å². The fourth-order valence-corrected chi connectivity index (χ4v) is 1.51. The molecule has 0 atom stereocenters. The lowest BCUT2D eigenvalue weighted by atomic mass is 10.2. The van der Waals surface area contributed by atoms with Gasteiger partial charge in [-0.15, -0.1) is 0 Å². The Bertz CT molecular complexity index is 434. The summed E-state index contributed by atoms with van der Waals surface area (Å²) in [6.07, 6.45) is 2.03. The number of hydrogen-bond donors (Lipinski definition) is 3. The molecule has 1 aromatic rings. The van der Waals surface area contributed by atoms with E-state index in [4.69, 9.17) is 18.0 Å². The first-order chi connectivity index (χ1) is 8.49. The van der Waals surface area contributed by atoms with Crippen LogP contribution in [0.4, 0.5) is 5.82 Å². The second-order valence-corrected chi connectivity index (χ2v) is 4.63. The van der Waals surface area contributed by atoms with Crippen molar-refractivity contribution in [3.63, 3.8) is 0 Å². The maximum absolute atomic E-state index is 11.4. The maximum atomic E-state index is 11.4. The molecule has 0 aliphatic heterocycles. The van der Waals surface area contributed by atoms with Crippen LogP contribution in [0.1, 0.15) is 25.8 Å². The monoisotopic (exact) mass is 266 g/mol. The molecule has 5 nitrogen and oxygen atoms in total. The second kappa shape index (κ2) is 6.90. The average Bonchev–Trinajstić information content (AvgIpc) is 2.28. The van der Waals surface area contributed by atoms with Gasteiger partial charge in [-0.05, 0) is 26.0 Å². The number of amides is 1. The standard InChI is InChI=1S/C12H18N4OS/c1-8(2)16-11(17)4-6-15-10-7-9(12(13)18)3-5-14-10/h3,5,7-8H,4,6H2,1-2H3,(H2,13,18)(H,14,15)(H,16,17). The number of nitrogens with zero attached hydrogens (tertiary/aromatic N) is 1. The van der Waals surface area contributed by atoms with E-state index < -0.39 is 0 Å². The first-order valence-corrected chi connectivity index (χ1v) is 6.19. The number of aromatic nitrogens is 1. The fourth-order valence-electron chi connectivity index (χ4n) is 1.38. The molecule has 0 spiro atoms. The van der Waals surface area contributed by atoms with Gasteiger partial charge in [0.15, 0.2) is 0 Å². The van der Waals surface area contributed by atoms with Crippen LogP contribution in [-0.2, 0) is 4.79 Å². The van der Waals surface area contributed by atoms with Crippen LogP contribution in [0.15, 0.2) is 18.3 Å². The number of pyridine rings is 1. The van der Waals surface area contributed by atoms with Crippen molar-refractivity contribution in [2.45, 2.75) is 26.3 Å². The van der Waals surface area contributed by atoms with Gasteiger partial charge in [0.1, 0.15) is 10.8 Å². The lowest BCUT2D eigenvalue weighted by Crippen LogP contribution is -2.31. The molecular weight excluding hydrogens is 248 g/mol. The minimum Gasteiger partial charge on any atom is -0.389 e. The Balaban J connectivity index is 2.42. The van der Waals surface area contributed by atoms with Crippen molar-refractivity contribution in [3.8, 4) is 0 Å². The first-order valence-electron chi connectivity index (χ1n) is 5.78. The zero-order chi connectivity index (χ0) is 13.5.